The average molecular weight is 228 g/mol. The summed E-state index contributed by atoms with van der Waals surface area (Å²) in [5.74, 6) is -0.200. The Labute approximate surface area is 98.2 Å². The monoisotopic (exact) mass is 228 g/mol. The van der Waals surface area contributed by atoms with E-state index in [1.54, 1.807) is 0 Å². The fourth-order valence-corrected chi connectivity index (χ4v) is 1.89. The van der Waals surface area contributed by atoms with Crippen molar-refractivity contribution in [1.82, 2.24) is 0 Å². The van der Waals surface area contributed by atoms with Crippen LogP contribution >= 0.6 is 0 Å². The third kappa shape index (κ3) is 3.48. The molecule has 1 fully saturated rings. The lowest BCUT2D eigenvalue weighted by Gasteiger charge is -2.32. The van der Waals surface area contributed by atoms with Crippen molar-refractivity contribution in [3.05, 3.63) is 0 Å². The number of esters is 1. The molecule has 0 amide bonds. The van der Waals surface area contributed by atoms with Gasteiger partial charge in [0, 0.05) is 0 Å². The highest BCUT2D eigenvalue weighted by Gasteiger charge is 2.33. The SMILES string of the molecule is CCC(C)(C)C(=O)OCC1(O)CCCCC1. The Bertz CT molecular complexity index is 240. The van der Waals surface area contributed by atoms with Crippen molar-refractivity contribution in [3.63, 3.8) is 0 Å². The van der Waals surface area contributed by atoms with E-state index in [-0.39, 0.29) is 12.6 Å². The quantitative estimate of drug-likeness (QED) is 0.752. The van der Waals surface area contributed by atoms with E-state index in [1.807, 2.05) is 20.8 Å². The molecule has 0 radical (unpaired) electrons. The lowest BCUT2D eigenvalue weighted by Crippen LogP contribution is -2.39. The molecule has 0 aromatic heterocycles. The van der Waals surface area contributed by atoms with Gasteiger partial charge in [-0.25, -0.2) is 0 Å². The van der Waals surface area contributed by atoms with E-state index in [0.29, 0.717) is 0 Å². The Morgan fingerprint density at radius 2 is 1.88 bits per heavy atom. The molecule has 0 heterocycles. The molecule has 16 heavy (non-hydrogen) atoms. The molecule has 3 heteroatoms. The van der Waals surface area contributed by atoms with E-state index in [2.05, 4.69) is 0 Å². The molecule has 1 N–H and O–H groups in total. The lowest BCUT2D eigenvalue weighted by molar-refractivity contribution is -0.163. The fraction of sp³-hybridized carbons (Fsp3) is 0.923. The number of rotatable bonds is 4. The molecular weight excluding hydrogens is 204 g/mol. The van der Waals surface area contributed by atoms with Gasteiger partial charge in [-0.15, -0.1) is 0 Å². The Balaban J connectivity index is 2.41. The number of carbonyl (C=O) groups excluding carboxylic acids is 1. The lowest BCUT2D eigenvalue weighted by atomic mass is 9.85. The summed E-state index contributed by atoms with van der Waals surface area (Å²) < 4.78 is 5.25. The van der Waals surface area contributed by atoms with Crippen molar-refractivity contribution in [2.75, 3.05) is 6.61 Å². The second-order valence-corrected chi connectivity index (χ2v) is 5.60. The van der Waals surface area contributed by atoms with Crippen molar-refractivity contribution in [1.29, 1.82) is 0 Å². The van der Waals surface area contributed by atoms with Crippen LogP contribution in [0.4, 0.5) is 0 Å². The van der Waals surface area contributed by atoms with Crippen LogP contribution in [0, 0.1) is 5.41 Å². The minimum Gasteiger partial charge on any atom is -0.462 e. The molecule has 3 nitrogen and oxygen atoms in total. The number of aliphatic hydroxyl groups is 1. The van der Waals surface area contributed by atoms with E-state index in [9.17, 15) is 9.90 Å². The van der Waals surface area contributed by atoms with Gasteiger partial charge >= 0.3 is 5.97 Å². The zero-order valence-corrected chi connectivity index (χ0v) is 10.7. The Hall–Kier alpha value is -0.570. The van der Waals surface area contributed by atoms with E-state index >= 15 is 0 Å². The summed E-state index contributed by atoms with van der Waals surface area (Å²) in [7, 11) is 0. The fourth-order valence-electron chi connectivity index (χ4n) is 1.89. The first kappa shape index (κ1) is 13.5. The van der Waals surface area contributed by atoms with Crippen molar-refractivity contribution in [2.24, 2.45) is 5.41 Å². The second kappa shape index (κ2) is 5.17. The van der Waals surface area contributed by atoms with Gasteiger partial charge in [-0.3, -0.25) is 4.79 Å². The number of ether oxygens (including phenoxy) is 1. The third-order valence-corrected chi connectivity index (χ3v) is 3.69. The molecule has 0 aromatic rings. The van der Waals surface area contributed by atoms with Gasteiger partial charge in [0.25, 0.3) is 0 Å². The molecule has 1 aliphatic rings. The highest BCUT2D eigenvalue weighted by atomic mass is 16.5. The van der Waals surface area contributed by atoms with E-state index in [0.717, 1.165) is 32.1 Å². The first-order valence-corrected chi connectivity index (χ1v) is 6.29. The summed E-state index contributed by atoms with van der Waals surface area (Å²) in [6.45, 7) is 5.88. The minimum absolute atomic E-state index is 0.162. The van der Waals surface area contributed by atoms with Crippen LogP contribution in [-0.2, 0) is 9.53 Å². The molecule has 0 unspecified atom stereocenters. The minimum atomic E-state index is -0.766. The van der Waals surface area contributed by atoms with E-state index < -0.39 is 11.0 Å². The zero-order valence-electron chi connectivity index (χ0n) is 10.7. The smallest absolute Gasteiger partial charge is 0.311 e. The Kier molecular flexibility index (Phi) is 4.36. The number of hydrogen-bond donors (Lipinski definition) is 1. The molecule has 1 rings (SSSR count). The molecule has 0 spiro atoms. The van der Waals surface area contributed by atoms with Gasteiger partial charge in [-0.2, -0.15) is 0 Å². The predicted molar refractivity (Wildman–Crippen MR) is 63.1 cm³/mol. The zero-order chi connectivity index (χ0) is 12.2. The van der Waals surface area contributed by atoms with Crippen LogP contribution in [0.5, 0.6) is 0 Å². The molecule has 0 saturated heterocycles. The third-order valence-electron chi connectivity index (χ3n) is 3.69. The summed E-state index contributed by atoms with van der Waals surface area (Å²) in [6, 6.07) is 0. The maximum atomic E-state index is 11.7. The molecule has 0 aliphatic heterocycles. The molecule has 1 aliphatic carbocycles. The summed E-state index contributed by atoms with van der Waals surface area (Å²) in [5, 5.41) is 10.2. The molecule has 0 atom stereocenters. The topological polar surface area (TPSA) is 46.5 Å². The maximum Gasteiger partial charge on any atom is 0.311 e. The standard InChI is InChI=1S/C13H24O3/c1-4-12(2,3)11(14)16-10-13(15)8-6-5-7-9-13/h15H,4-10H2,1-3H3. The van der Waals surface area contributed by atoms with Crippen LogP contribution in [0.1, 0.15) is 59.3 Å². The van der Waals surface area contributed by atoms with Crippen LogP contribution < -0.4 is 0 Å². The van der Waals surface area contributed by atoms with E-state index in [1.165, 1.54) is 6.42 Å². The highest BCUT2D eigenvalue weighted by molar-refractivity contribution is 5.75. The summed E-state index contributed by atoms with van der Waals surface area (Å²) in [6.07, 6.45) is 5.51. The van der Waals surface area contributed by atoms with Crippen LogP contribution in [0.15, 0.2) is 0 Å². The van der Waals surface area contributed by atoms with Gasteiger partial charge in [-0.05, 0) is 33.1 Å². The first-order valence-electron chi connectivity index (χ1n) is 6.29. The van der Waals surface area contributed by atoms with E-state index in [4.69, 9.17) is 4.74 Å². The molecule has 1 saturated carbocycles. The molecule has 0 aromatic carbocycles. The van der Waals surface area contributed by atoms with Crippen molar-refractivity contribution in [2.45, 2.75) is 64.9 Å². The Morgan fingerprint density at radius 3 is 2.38 bits per heavy atom. The van der Waals surface area contributed by atoms with Crippen LogP contribution in [-0.4, -0.2) is 23.3 Å². The summed E-state index contributed by atoms with van der Waals surface area (Å²) >= 11 is 0. The summed E-state index contributed by atoms with van der Waals surface area (Å²) in [5.41, 5.74) is -1.21. The molecular formula is C13H24O3. The van der Waals surface area contributed by atoms with Crippen LogP contribution in [0.25, 0.3) is 0 Å². The number of hydrogen-bond acceptors (Lipinski definition) is 3. The Morgan fingerprint density at radius 1 is 1.31 bits per heavy atom. The van der Waals surface area contributed by atoms with Gasteiger partial charge in [0.15, 0.2) is 0 Å². The number of carbonyl (C=O) groups is 1. The molecule has 0 bridgehead atoms. The van der Waals surface area contributed by atoms with Gasteiger partial charge in [0.1, 0.15) is 6.61 Å². The molecule has 94 valence electrons. The van der Waals surface area contributed by atoms with Gasteiger partial charge < -0.3 is 9.84 Å². The van der Waals surface area contributed by atoms with Gasteiger partial charge in [-0.1, -0.05) is 26.2 Å². The van der Waals surface area contributed by atoms with Crippen LogP contribution in [0.3, 0.4) is 0 Å². The second-order valence-electron chi connectivity index (χ2n) is 5.60. The van der Waals surface area contributed by atoms with Crippen LogP contribution in [0.2, 0.25) is 0 Å². The van der Waals surface area contributed by atoms with Gasteiger partial charge in [0.2, 0.25) is 0 Å². The van der Waals surface area contributed by atoms with Crippen molar-refractivity contribution in [3.8, 4) is 0 Å². The predicted octanol–water partition coefficient (Wildman–Crippen LogP) is 2.66. The highest BCUT2D eigenvalue weighted by Crippen LogP contribution is 2.29. The van der Waals surface area contributed by atoms with Crippen molar-refractivity contribution < 1.29 is 14.6 Å². The average Bonchev–Trinajstić information content (AvgIpc) is 2.27. The van der Waals surface area contributed by atoms with Gasteiger partial charge in [0.05, 0.1) is 11.0 Å². The largest absolute Gasteiger partial charge is 0.462 e. The first-order chi connectivity index (χ1) is 7.40. The normalized spacial score (nSPS) is 20.5. The maximum absolute atomic E-state index is 11.7. The van der Waals surface area contributed by atoms with Crippen molar-refractivity contribution >= 4 is 5.97 Å². The summed E-state index contributed by atoms with van der Waals surface area (Å²) in [4.78, 5) is 11.7.